The predicted molar refractivity (Wildman–Crippen MR) is 117 cm³/mol. The molecule has 30 heavy (non-hydrogen) atoms. The maximum Gasteiger partial charge on any atom is 0.257 e. The number of nitrogens with one attached hydrogen (secondary N) is 1. The van der Waals surface area contributed by atoms with Gasteiger partial charge in [-0.1, -0.05) is 38.5 Å². The first-order valence-corrected chi connectivity index (χ1v) is 12.1. The van der Waals surface area contributed by atoms with E-state index in [1.807, 2.05) is 27.7 Å². The van der Waals surface area contributed by atoms with Crippen molar-refractivity contribution in [3.05, 3.63) is 28.8 Å². The summed E-state index contributed by atoms with van der Waals surface area (Å²) >= 11 is 1.30. The van der Waals surface area contributed by atoms with Crippen LogP contribution in [-0.4, -0.2) is 48.5 Å². The molecule has 2 heterocycles. The molecule has 1 fully saturated rings. The van der Waals surface area contributed by atoms with Gasteiger partial charge >= 0.3 is 0 Å². The third kappa shape index (κ3) is 4.65. The first kappa shape index (κ1) is 22.6. The monoisotopic (exact) mass is 452 g/mol. The Morgan fingerprint density at radius 2 is 2.00 bits per heavy atom. The molecule has 0 saturated carbocycles. The van der Waals surface area contributed by atoms with E-state index in [1.165, 1.54) is 34.9 Å². The van der Waals surface area contributed by atoms with Gasteiger partial charge in [0.05, 0.1) is 7.11 Å². The minimum Gasteiger partial charge on any atom is -0.495 e. The molecule has 1 atom stereocenters. The van der Waals surface area contributed by atoms with E-state index in [1.54, 1.807) is 6.07 Å². The largest absolute Gasteiger partial charge is 0.495 e. The molecule has 1 aromatic carbocycles. The summed E-state index contributed by atoms with van der Waals surface area (Å²) in [6.45, 7) is 8.41. The van der Waals surface area contributed by atoms with Gasteiger partial charge in [0.2, 0.25) is 15.2 Å². The van der Waals surface area contributed by atoms with E-state index >= 15 is 0 Å². The van der Waals surface area contributed by atoms with Gasteiger partial charge < -0.3 is 4.74 Å². The highest BCUT2D eigenvalue weighted by atomic mass is 32.2. The van der Waals surface area contributed by atoms with Gasteiger partial charge in [0.25, 0.3) is 5.91 Å². The molecule has 8 nitrogen and oxygen atoms in total. The Balaban J connectivity index is 1.90. The molecule has 164 valence electrons. The number of carbonyl (C=O) groups is 1. The number of piperidine rings is 1. The maximum absolute atomic E-state index is 13.3. The molecule has 1 aliphatic rings. The lowest BCUT2D eigenvalue weighted by Crippen LogP contribution is -2.42. The lowest BCUT2D eigenvalue weighted by Gasteiger charge is -2.32. The number of hydrogen-bond donors (Lipinski definition) is 1. The highest BCUT2D eigenvalue weighted by molar-refractivity contribution is 7.89. The number of benzene rings is 1. The molecule has 1 amide bonds. The maximum atomic E-state index is 13.3. The second-order valence-corrected chi connectivity index (χ2v) is 11.3. The van der Waals surface area contributed by atoms with Crippen molar-refractivity contribution in [1.82, 2.24) is 14.5 Å². The zero-order valence-corrected chi connectivity index (χ0v) is 19.6. The first-order valence-electron chi connectivity index (χ1n) is 9.89. The third-order valence-electron chi connectivity index (χ3n) is 5.04. The van der Waals surface area contributed by atoms with Crippen molar-refractivity contribution < 1.29 is 17.9 Å². The Morgan fingerprint density at radius 1 is 1.27 bits per heavy atom. The zero-order chi connectivity index (χ0) is 22.1. The number of ether oxygens (including phenoxy) is 1. The summed E-state index contributed by atoms with van der Waals surface area (Å²) in [5, 5.41) is 12.0. The number of nitrogens with zero attached hydrogens (tertiary/aromatic N) is 3. The van der Waals surface area contributed by atoms with E-state index in [9.17, 15) is 13.2 Å². The van der Waals surface area contributed by atoms with Crippen molar-refractivity contribution in [2.45, 2.75) is 63.3 Å². The van der Waals surface area contributed by atoms with Gasteiger partial charge in [-0.25, -0.2) is 8.42 Å². The quantitative estimate of drug-likeness (QED) is 0.743. The van der Waals surface area contributed by atoms with Crippen LogP contribution in [0.4, 0.5) is 5.13 Å². The SMILES string of the molecule is COc1ccc(C(=O)Nc2nnc(C(C)(C)C)s2)cc1S(=O)(=O)N1CCCCC1C. The molecule has 1 N–H and O–H groups in total. The van der Waals surface area contributed by atoms with Crippen molar-refractivity contribution in [2.24, 2.45) is 0 Å². The lowest BCUT2D eigenvalue weighted by molar-refractivity contribution is 0.102. The van der Waals surface area contributed by atoms with Gasteiger partial charge in [0.15, 0.2) is 0 Å². The third-order valence-corrected chi connectivity index (χ3v) is 8.34. The summed E-state index contributed by atoms with van der Waals surface area (Å²) in [5.74, 6) is -0.229. The van der Waals surface area contributed by atoms with Crippen LogP contribution < -0.4 is 10.1 Å². The fourth-order valence-electron chi connectivity index (χ4n) is 3.32. The number of hydrogen-bond acceptors (Lipinski definition) is 7. The molecular formula is C20H28N4O4S2. The van der Waals surface area contributed by atoms with Crippen molar-refractivity contribution in [3.63, 3.8) is 0 Å². The minimum atomic E-state index is -3.80. The molecule has 0 radical (unpaired) electrons. The van der Waals surface area contributed by atoms with Crippen LogP contribution in [0.3, 0.4) is 0 Å². The second kappa shape index (κ2) is 8.60. The van der Waals surface area contributed by atoms with Gasteiger partial charge in [-0.3, -0.25) is 10.1 Å². The Hall–Kier alpha value is -2.04. The number of sulfonamides is 1. The normalized spacial score (nSPS) is 18.2. The molecule has 1 aromatic heterocycles. The first-order chi connectivity index (χ1) is 14.0. The van der Waals surface area contributed by atoms with Crippen molar-refractivity contribution in [1.29, 1.82) is 0 Å². The average Bonchev–Trinajstić information content (AvgIpc) is 3.16. The van der Waals surface area contributed by atoms with Crippen LogP contribution in [0, 0.1) is 0 Å². The molecule has 3 rings (SSSR count). The van der Waals surface area contributed by atoms with Gasteiger partial charge in [0.1, 0.15) is 15.7 Å². The lowest BCUT2D eigenvalue weighted by atomic mass is 9.98. The second-order valence-electron chi connectivity index (χ2n) is 8.44. The Kier molecular flexibility index (Phi) is 6.49. The van der Waals surface area contributed by atoms with Crippen LogP contribution >= 0.6 is 11.3 Å². The van der Waals surface area contributed by atoms with Gasteiger partial charge in [-0.05, 0) is 38.0 Å². The standard InChI is InChI=1S/C20H28N4O4S2/c1-13-8-6-7-11-24(13)30(26,27)16-12-14(9-10-15(16)28-5)17(25)21-19-23-22-18(29-19)20(2,3)4/h9-10,12-13H,6-8,11H2,1-5H3,(H,21,23,25). The summed E-state index contributed by atoms with van der Waals surface area (Å²) in [7, 11) is -2.38. The van der Waals surface area contributed by atoms with Crippen LogP contribution in [0.2, 0.25) is 0 Å². The van der Waals surface area contributed by atoms with Crippen molar-refractivity contribution in [2.75, 3.05) is 19.0 Å². The van der Waals surface area contributed by atoms with E-state index in [4.69, 9.17) is 4.74 Å². The van der Waals surface area contributed by atoms with E-state index < -0.39 is 15.9 Å². The van der Waals surface area contributed by atoms with Gasteiger partial charge in [-0.2, -0.15) is 4.31 Å². The summed E-state index contributed by atoms with van der Waals surface area (Å²) < 4.78 is 33.4. The fraction of sp³-hybridized carbons (Fsp3) is 0.550. The molecule has 1 unspecified atom stereocenters. The van der Waals surface area contributed by atoms with Crippen molar-refractivity contribution in [3.8, 4) is 5.75 Å². The average molecular weight is 453 g/mol. The molecule has 0 aliphatic carbocycles. The molecule has 0 spiro atoms. The minimum absolute atomic E-state index is 0.000885. The number of carbonyl (C=O) groups excluding carboxylic acids is 1. The molecule has 1 aliphatic heterocycles. The smallest absolute Gasteiger partial charge is 0.257 e. The van der Waals surface area contributed by atoms with Gasteiger partial charge in [-0.15, -0.1) is 10.2 Å². The Bertz CT molecular complexity index is 1030. The molecule has 2 aromatic rings. The van der Waals surface area contributed by atoms with Crippen LogP contribution in [0.5, 0.6) is 5.75 Å². The topological polar surface area (TPSA) is 101 Å². The van der Waals surface area contributed by atoms with E-state index in [0.29, 0.717) is 11.7 Å². The number of rotatable bonds is 5. The summed E-state index contributed by atoms with van der Waals surface area (Å²) in [4.78, 5) is 12.8. The van der Waals surface area contributed by atoms with Crippen LogP contribution in [0.25, 0.3) is 0 Å². The number of anilines is 1. The van der Waals surface area contributed by atoms with Crippen LogP contribution in [0.1, 0.15) is 62.3 Å². The summed E-state index contributed by atoms with van der Waals surface area (Å²) in [6.07, 6.45) is 2.64. The van der Waals surface area contributed by atoms with Crippen LogP contribution in [0.15, 0.2) is 23.1 Å². The molecular weight excluding hydrogens is 424 g/mol. The van der Waals surface area contributed by atoms with Crippen molar-refractivity contribution >= 4 is 32.4 Å². The van der Waals surface area contributed by atoms with Gasteiger partial charge in [0, 0.05) is 23.6 Å². The zero-order valence-electron chi connectivity index (χ0n) is 17.9. The molecule has 0 bridgehead atoms. The predicted octanol–water partition coefficient (Wildman–Crippen LogP) is 3.66. The van der Waals surface area contributed by atoms with E-state index in [-0.39, 0.29) is 27.7 Å². The van der Waals surface area contributed by atoms with E-state index in [2.05, 4.69) is 15.5 Å². The highest BCUT2D eigenvalue weighted by Gasteiger charge is 2.33. The molecule has 1 saturated heterocycles. The Labute approximate surface area is 181 Å². The Morgan fingerprint density at radius 3 is 2.60 bits per heavy atom. The highest BCUT2D eigenvalue weighted by Crippen LogP contribution is 2.32. The molecule has 10 heteroatoms. The fourth-order valence-corrected chi connectivity index (χ4v) is 6.00. The van der Waals surface area contributed by atoms with E-state index in [0.717, 1.165) is 24.3 Å². The number of amides is 1. The number of methoxy groups -OCH3 is 1. The summed E-state index contributed by atoms with van der Waals surface area (Å²) in [5.41, 5.74) is 0.0409. The summed E-state index contributed by atoms with van der Waals surface area (Å²) in [6, 6.07) is 4.33. The van der Waals surface area contributed by atoms with Crippen LogP contribution in [-0.2, 0) is 15.4 Å². The number of aromatic nitrogens is 2.